The molecule has 0 unspecified atom stereocenters. The van der Waals surface area contributed by atoms with Crippen molar-refractivity contribution in [3.63, 3.8) is 0 Å². The van der Waals surface area contributed by atoms with E-state index >= 15 is 0 Å². The number of nitrogens with two attached hydrogens (primary N) is 1. The van der Waals surface area contributed by atoms with Crippen LogP contribution in [0.5, 0.6) is 0 Å². The van der Waals surface area contributed by atoms with Crippen molar-refractivity contribution in [1.29, 1.82) is 0 Å². The van der Waals surface area contributed by atoms with Crippen molar-refractivity contribution in [3.8, 4) is 11.1 Å². The molecule has 2 aromatic carbocycles. The molecular weight excluding hydrogens is 250 g/mol. The van der Waals surface area contributed by atoms with Crippen molar-refractivity contribution in [3.05, 3.63) is 58.6 Å². The Kier molecular flexibility index (Phi) is 3.19. The second-order valence-electron chi connectivity index (χ2n) is 3.37. The van der Waals surface area contributed by atoms with Crippen LogP contribution >= 0.6 is 15.9 Å². The van der Waals surface area contributed by atoms with Gasteiger partial charge in [-0.1, -0.05) is 52.3 Å². The average molecular weight is 262 g/mol. The number of hydrogen-bond donors (Lipinski definition) is 1. The standard InChI is InChI=1S/C13H12BrN/c14-12-7-5-10(6-8-12)13-4-2-1-3-11(13)9-15/h1-8H,9,15H2. The molecule has 76 valence electrons. The lowest BCUT2D eigenvalue weighted by Gasteiger charge is -2.07. The van der Waals surface area contributed by atoms with Gasteiger partial charge in [0.2, 0.25) is 0 Å². The highest BCUT2D eigenvalue weighted by Gasteiger charge is 2.02. The zero-order valence-corrected chi connectivity index (χ0v) is 9.87. The summed E-state index contributed by atoms with van der Waals surface area (Å²) < 4.78 is 1.09. The van der Waals surface area contributed by atoms with E-state index in [9.17, 15) is 0 Å². The molecule has 0 bridgehead atoms. The SMILES string of the molecule is NCc1ccccc1-c1ccc(Br)cc1. The first kappa shape index (κ1) is 10.4. The van der Waals surface area contributed by atoms with E-state index < -0.39 is 0 Å². The van der Waals surface area contributed by atoms with Crippen molar-refractivity contribution in [2.24, 2.45) is 5.73 Å². The topological polar surface area (TPSA) is 26.0 Å². The predicted molar refractivity (Wildman–Crippen MR) is 67.5 cm³/mol. The van der Waals surface area contributed by atoms with Crippen LogP contribution in [0.1, 0.15) is 5.56 Å². The molecule has 0 atom stereocenters. The highest BCUT2D eigenvalue weighted by atomic mass is 79.9. The van der Waals surface area contributed by atoms with E-state index in [0.29, 0.717) is 6.54 Å². The summed E-state index contributed by atoms with van der Waals surface area (Å²) in [7, 11) is 0. The molecule has 0 amide bonds. The van der Waals surface area contributed by atoms with Gasteiger partial charge in [0.1, 0.15) is 0 Å². The van der Waals surface area contributed by atoms with Crippen LogP contribution in [0.2, 0.25) is 0 Å². The Morgan fingerprint density at radius 2 is 1.60 bits per heavy atom. The second-order valence-corrected chi connectivity index (χ2v) is 4.28. The van der Waals surface area contributed by atoms with Crippen molar-refractivity contribution < 1.29 is 0 Å². The van der Waals surface area contributed by atoms with Gasteiger partial charge in [-0.15, -0.1) is 0 Å². The summed E-state index contributed by atoms with van der Waals surface area (Å²) in [4.78, 5) is 0. The summed E-state index contributed by atoms with van der Waals surface area (Å²) in [6, 6.07) is 16.5. The molecule has 0 aliphatic carbocycles. The maximum absolute atomic E-state index is 5.71. The average Bonchev–Trinajstić information content (AvgIpc) is 2.30. The van der Waals surface area contributed by atoms with Crippen LogP contribution in [0.3, 0.4) is 0 Å². The summed E-state index contributed by atoms with van der Waals surface area (Å²) in [6.45, 7) is 0.576. The Morgan fingerprint density at radius 3 is 2.27 bits per heavy atom. The zero-order chi connectivity index (χ0) is 10.7. The molecule has 1 nitrogen and oxygen atoms in total. The normalized spacial score (nSPS) is 10.3. The number of halogens is 1. The Bertz CT molecular complexity index is 448. The summed E-state index contributed by atoms with van der Waals surface area (Å²) in [5.41, 5.74) is 9.31. The van der Waals surface area contributed by atoms with Crippen molar-refractivity contribution >= 4 is 15.9 Å². The van der Waals surface area contributed by atoms with E-state index in [1.165, 1.54) is 16.7 Å². The third-order valence-corrected chi connectivity index (χ3v) is 2.92. The van der Waals surface area contributed by atoms with Crippen LogP contribution in [0.25, 0.3) is 11.1 Å². The third kappa shape index (κ3) is 2.28. The Morgan fingerprint density at radius 1 is 0.933 bits per heavy atom. The van der Waals surface area contributed by atoms with Crippen molar-refractivity contribution in [2.75, 3.05) is 0 Å². The van der Waals surface area contributed by atoms with Crippen LogP contribution in [-0.4, -0.2) is 0 Å². The molecule has 0 fully saturated rings. The van der Waals surface area contributed by atoms with Gasteiger partial charge in [-0.25, -0.2) is 0 Å². The number of rotatable bonds is 2. The van der Waals surface area contributed by atoms with Gasteiger partial charge in [-0.3, -0.25) is 0 Å². The quantitative estimate of drug-likeness (QED) is 0.879. The first-order valence-corrected chi connectivity index (χ1v) is 5.64. The maximum atomic E-state index is 5.71. The molecule has 0 saturated carbocycles. The van der Waals surface area contributed by atoms with Gasteiger partial charge in [0, 0.05) is 11.0 Å². The molecule has 0 aliphatic rings. The van der Waals surface area contributed by atoms with E-state index in [-0.39, 0.29) is 0 Å². The Balaban J connectivity index is 2.49. The minimum Gasteiger partial charge on any atom is -0.326 e. The highest BCUT2D eigenvalue weighted by Crippen LogP contribution is 2.24. The van der Waals surface area contributed by atoms with Crippen LogP contribution in [0.4, 0.5) is 0 Å². The Labute approximate surface area is 98.1 Å². The van der Waals surface area contributed by atoms with Gasteiger partial charge >= 0.3 is 0 Å². The third-order valence-electron chi connectivity index (χ3n) is 2.39. The Hall–Kier alpha value is -1.12. The predicted octanol–water partition coefficient (Wildman–Crippen LogP) is 3.57. The molecule has 2 rings (SSSR count). The number of hydrogen-bond acceptors (Lipinski definition) is 1. The monoisotopic (exact) mass is 261 g/mol. The summed E-state index contributed by atoms with van der Waals surface area (Å²) in [6.07, 6.45) is 0. The first-order valence-electron chi connectivity index (χ1n) is 4.85. The minimum absolute atomic E-state index is 0.576. The molecule has 2 heteroatoms. The van der Waals surface area contributed by atoms with Gasteiger partial charge in [0.05, 0.1) is 0 Å². The van der Waals surface area contributed by atoms with E-state index in [4.69, 9.17) is 5.73 Å². The molecule has 0 heterocycles. The molecule has 0 aliphatic heterocycles. The van der Waals surface area contributed by atoms with Crippen LogP contribution < -0.4 is 5.73 Å². The lowest BCUT2D eigenvalue weighted by atomic mass is 10.00. The minimum atomic E-state index is 0.576. The molecule has 2 aromatic rings. The molecule has 0 radical (unpaired) electrons. The van der Waals surface area contributed by atoms with Crippen LogP contribution in [0, 0.1) is 0 Å². The van der Waals surface area contributed by atoms with E-state index in [1.807, 2.05) is 24.3 Å². The van der Waals surface area contributed by atoms with Crippen molar-refractivity contribution in [2.45, 2.75) is 6.54 Å². The highest BCUT2D eigenvalue weighted by molar-refractivity contribution is 9.10. The fourth-order valence-electron chi connectivity index (χ4n) is 1.61. The molecule has 0 aromatic heterocycles. The number of benzene rings is 2. The van der Waals surface area contributed by atoms with Crippen LogP contribution in [-0.2, 0) is 6.54 Å². The van der Waals surface area contributed by atoms with Gasteiger partial charge in [0.15, 0.2) is 0 Å². The van der Waals surface area contributed by atoms with Gasteiger partial charge < -0.3 is 5.73 Å². The van der Waals surface area contributed by atoms with E-state index in [0.717, 1.165) is 4.47 Å². The van der Waals surface area contributed by atoms with Gasteiger partial charge in [-0.05, 0) is 28.8 Å². The van der Waals surface area contributed by atoms with Gasteiger partial charge in [-0.2, -0.15) is 0 Å². The maximum Gasteiger partial charge on any atom is 0.0184 e. The summed E-state index contributed by atoms with van der Waals surface area (Å²) >= 11 is 3.43. The summed E-state index contributed by atoms with van der Waals surface area (Å²) in [5, 5.41) is 0. The lowest BCUT2D eigenvalue weighted by molar-refractivity contribution is 1.07. The largest absolute Gasteiger partial charge is 0.326 e. The van der Waals surface area contributed by atoms with E-state index in [2.05, 4.69) is 40.2 Å². The van der Waals surface area contributed by atoms with Crippen molar-refractivity contribution in [1.82, 2.24) is 0 Å². The molecule has 2 N–H and O–H groups in total. The molecule has 0 saturated heterocycles. The molecular formula is C13H12BrN. The molecule has 15 heavy (non-hydrogen) atoms. The lowest BCUT2D eigenvalue weighted by Crippen LogP contribution is -1.98. The zero-order valence-electron chi connectivity index (χ0n) is 8.28. The smallest absolute Gasteiger partial charge is 0.0184 e. The first-order chi connectivity index (χ1) is 7.31. The van der Waals surface area contributed by atoms with Crippen LogP contribution in [0.15, 0.2) is 53.0 Å². The fourth-order valence-corrected chi connectivity index (χ4v) is 1.87. The summed E-state index contributed by atoms with van der Waals surface area (Å²) in [5.74, 6) is 0. The fraction of sp³-hybridized carbons (Fsp3) is 0.0769. The molecule has 0 spiro atoms. The second kappa shape index (κ2) is 4.60. The van der Waals surface area contributed by atoms with Gasteiger partial charge in [0.25, 0.3) is 0 Å². The van der Waals surface area contributed by atoms with E-state index in [1.54, 1.807) is 0 Å².